The lowest BCUT2D eigenvalue weighted by Crippen LogP contribution is -2.30. The molecule has 0 aliphatic carbocycles. The van der Waals surface area contributed by atoms with Gasteiger partial charge >= 0.3 is 12.6 Å². The molecule has 1 atom stereocenters. The Morgan fingerprint density at radius 2 is 1.70 bits per heavy atom. The molecule has 0 fully saturated rings. The fourth-order valence-corrected chi connectivity index (χ4v) is 2.52. The lowest BCUT2D eigenvalue weighted by atomic mass is 10.2. The summed E-state index contributed by atoms with van der Waals surface area (Å²) in [5.41, 5.74) is 0.963. The van der Waals surface area contributed by atoms with Crippen molar-refractivity contribution in [1.82, 2.24) is 15.0 Å². The maximum absolute atomic E-state index is 12.5. The van der Waals surface area contributed by atoms with Crippen LogP contribution in [0.1, 0.15) is 23.1 Å². The number of carbonyl (C=O) groups is 2. The number of halogens is 2. The van der Waals surface area contributed by atoms with Gasteiger partial charge in [-0.15, -0.1) is 5.10 Å². The summed E-state index contributed by atoms with van der Waals surface area (Å²) in [7, 11) is 0. The molecule has 3 aromatic rings. The topological polar surface area (TPSA) is 95.3 Å². The first-order valence-corrected chi connectivity index (χ1v) is 8.90. The first-order valence-electron chi connectivity index (χ1n) is 8.90. The summed E-state index contributed by atoms with van der Waals surface area (Å²) < 4.78 is 34.5. The molecular weight excluding hydrogens is 398 g/mol. The highest BCUT2D eigenvalue weighted by molar-refractivity contribution is 5.97. The van der Waals surface area contributed by atoms with Crippen LogP contribution < -0.4 is 10.1 Å². The largest absolute Gasteiger partial charge is 0.448 e. The SMILES string of the molecule is Cc1nn(-c2ccccc2)nc1C(=O)O[C@H](C)C(=O)Nc1ccccc1OC(F)F. The van der Waals surface area contributed by atoms with Crippen LogP contribution in [0.4, 0.5) is 14.5 Å². The number of nitrogens with one attached hydrogen (secondary N) is 1. The van der Waals surface area contributed by atoms with Gasteiger partial charge in [0, 0.05) is 0 Å². The van der Waals surface area contributed by atoms with Crippen molar-refractivity contribution in [3.8, 4) is 11.4 Å². The van der Waals surface area contributed by atoms with Gasteiger partial charge in [-0.3, -0.25) is 4.79 Å². The summed E-state index contributed by atoms with van der Waals surface area (Å²) in [6.45, 7) is -0.111. The smallest absolute Gasteiger partial charge is 0.387 e. The van der Waals surface area contributed by atoms with Gasteiger partial charge in [0.1, 0.15) is 5.75 Å². The Kier molecular flexibility index (Phi) is 6.35. The third-order valence-electron chi connectivity index (χ3n) is 3.98. The number of para-hydroxylation sites is 3. The number of rotatable bonds is 7. The fraction of sp³-hybridized carbons (Fsp3) is 0.200. The quantitative estimate of drug-likeness (QED) is 0.594. The Morgan fingerprint density at radius 3 is 2.40 bits per heavy atom. The van der Waals surface area contributed by atoms with Gasteiger partial charge in [0.15, 0.2) is 11.8 Å². The second-order valence-corrected chi connectivity index (χ2v) is 6.17. The lowest BCUT2D eigenvalue weighted by Gasteiger charge is -2.15. The minimum Gasteiger partial charge on any atom is -0.448 e. The van der Waals surface area contributed by atoms with Crippen molar-refractivity contribution < 1.29 is 27.8 Å². The summed E-state index contributed by atoms with van der Waals surface area (Å²) >= 11 is 0. The average Bonchev–Trinajstić information content (AvgIpc) is 3.11. The van der Waals surface area contributed by atoms with E-state index in [4.69, 9.17) is 4.74 Å². The molecule has 1 heterocycles. The van der Waals surface area contributed by atoms with Gasteiger partial charge in [-0.1, -0.05) is 30.3 Å². The maximum Gasteiger partial charge on any atom is 0.387 e. The van der Waals surface area contributed by atoms with Crippen LogP contribution in [0.15, 0.2) is 54.6 Å². The first kappa shape index (κ1) is 20.9. The number of anilines is 1. The van der Waals surface area contributed by atoms with E-state index in [0.29, 0.717) is 11.4 Å². The van der Waals surface area contributed by atoms with Crippen molar-refractivity contribution in [2.24, 2.45) is 0 Å². The number of benzene rings is 2. The Hall–Kier alpha value is -3.82. The number of hydrogen-bond acceptors (Lipinski definition) is 6. The molecule has 0 saturated carbocycles. The van der Waals surface area contributed by atoms with Crippen LogP contribution in [0.2, 0.25) is 0 Å². The van der Waals surface area contributed by atoms with Crippen molar-refractivity contribution in [3.63, 3.8) is 0 Å². The van der Waals surface area contributed by atoms with Gasteiger partial charge in [0.2, 0.25) is 0 Å². The Balaban J connectivity index is 1.68. The van der Waals surface area contributed by atoms with Crippen molar-refractivity contribution in [2.45, 2.75) is 26.6 Å². The molecule has 156 valence electrons. The number of nitrogens with zero attached hydrogens (tertiary/aromatic N) is 3. The van der Waals surface area contributed by atoms with Gasteiger partial charge in [0.25, 0.3) is 5.91 Å². The number of aryl methyl sites for hydroxylation is 1. The van der Waals surface area contributed by atoms with E-state index >= 15 is 0 Å². The Bertz CT molecular complexity index is 1040. The minimum absolute atomic E-state index is 0.0249. The van der Waals surface area contributed by atoms with E-state index in [1.54, 1.807) is 31.2 Å². The average molecular weight is 416 g/mol. The van der Waals surface area contributed by atoms with E-state index in [2.05, 4.69) is 20.3 Å². The van der Waals surface area contributed by atoms with Crippen LogP contribution in [0.3, 0.4) is 0 Å². The lowest BCUT2D eigenvalue weighted by molar-refractivity contribution is -0.123. The summed E-state index contributed by atoms with van der Waals surface area (Å²) in [5.74, 6) is -1.77. The predicted octanol–water partition coefficient (Wildman–Crippen LogP) is 3.36. The molecule has 3 rings (SSSR count). The summed E-state index contributed by atoms with van der Waals surface area (Å²) in [6, 6.07) is 14.7. The number of aromatic nitrogens is 3. The standard InChI is InChI=1S/C20H18F2N4O4/c1-12-17(25-26(24-12)14-8-4-3-5-9-14)19(28)29-13(2)18(27)23-15-10-6-7-11-16(15)30-20(21)22/h3-11,13,20H,1-2H3,(H,23,27)/t13-/m1/s1. The normalized spacial score (nSPS) is 11.8. The molecule has 1 N–H and O–H groups in total. The molecule has 30 heavy (non-hydrogen) atoms. The molecule has 0 bridgehead atoms. The molecule has 0 radical (unpaired) electrons. The number of alkyl halides is 2. The maximum atomic E-state index is 12.5. The fourth-order valence-electron chi connectivity index (χ4n) is 2.52. The van der Waals surface area contributed by atoms with E-state index < -0.39 is 24.6 Å². The van der Waals surface area contributed by atoms with E-state index in [-0.39, 0.29) is 17.1 Å². The number of esters is 1. The van der Waals surface area contributed by atoms with Crippen molar-refractivity contribution >= 4 is 17.6 Å². The number of amides is 1. The third-order valence-corrected chi connectivity index (χ3v) is 3.98. The summed E-state index contributed by atoms with van der Waals surface area (Å²) in [5, 5.41) is 10.7. The minimum atomic E-state index is -3.05. The molecular formula is C20H18F2N4O4. The highest BCUT2D eigenvalue weighted by atomic mass is 19.3. The van der Waals surface area contributed by atoms with E-state index in [1.807, 2.05) is 6.07 Å². The van der Waals surface area contributed by atoms with Crippen LogP contribution in [-0.4, -0.2) is 39.6 Å². The second-order valence-electron chi connectivity index (χ2n) is 6.17. The molecule has 0 unspecified atom stereocenters. The second kappa shape index (κ2) is 9.12. The zero-order chi connectivity index (χ0) is 21.7. The molecule has 0 aliphatic rings. The molecule has 2 aromatic carbocycles. The Labute approximate surface area is 170 Å². The van der Waals surface area contributed by atoms with E-state index in [0.717, 1.165) is 0 Å². The van der Waals surface area contributed by atoms with Crippen LogP contribution in [-0.2, 0) is 9.53 Å². The highest BCUT2D eigenvalue weighted by Crippen LogP contribution is 2.25. The molecule has 1 amide bonds. The molecule has 1 aromatic heterocycles. The van der Waals surface area contributed by atoms with Gasteiger partial charge in [-0.05, 0) is 38.1 Å². The number of carbonyl (C=O) groups excluding carboxylic acids is 2. The summed E-state index contributed by atoms with van der Waals surface area (Å²) in [6.07, 6.45) is -1.22. The summed E-state index contributed by atoms with van der Waals surface area (Å²) in [4.78, 5) is 26.1. The zero-order valence-corrected chi connectivity index (χ0v) is 16.1. The zero-order valence-electron chi connectivity index (χ0n) is 16.1. The number of hydrogen-bond donors (Lipinski definition) is 1. The van der Waals surface area contributed by atoms with Crippen LogP contribution >= 0.6 is 0 Å². The van der Waals surface area contributed by atoms with Gasteiger partial charge in [-0.2, -0.15) is 18.7 Å². The first-order chi connectivity index (χ1) is 14.3. The molecule has 10 heteroatoms. The van der Waals surface area contributed by atoms with Gasteiger partial charge in [0.05, 0.1) is 17.1 Å². The van der Waals surface area contributed by atoms with E-state index in [1.165, 1.54) is 36.0 Å². The van der Waals surface area contributed by atoms with Crippen LogP contribution in [0.25, 0.3) is 5.69 Å². The van der Waals surface area contributed by atoms with Crippen molar-refractivity contribution in [1.29, 1.82) is 0 Å². The van der Waals surface area contributed by atoms with Crippen molar-refractivity contribution in [3.05, 3.63) is 66.0 Å². The molecule has 8 nitrogen and oxygen atoms in total. The van der Waals surface area contributed by atoms with Crippen molar-refractivity contribution in [2.75, 3.05) is 5.32 Å². The molecule has 0 spiro atoms. The monoisotopic (exact) mass is 416 g/mol. The number of ether oxygens (including phenoxy) is 2. The Morgan fingerprint density at radius 1 is 1.03 bits per heavy atom. The third kappa shape index (κ3) is 4.96. The molecule has 0 aliphatic heterocycles. The van der Waals surface area contributed by atoms with E-state index in [9.17, 15) is 18.4 Å². The van der Waals surface area contributed by atoms with Gasteiger partial charge < -0.3 is 14.8 Å². The predicted molar refractivity (Wildman–Crippen MR) is 103 cm³/mol. The van der Waals surface area contributed by atoms with Gasteiger partial charge in [-0.25, -0.2) is 4.79 Å². The van der Waals surface area contributed by atoms with Crippen LogP contribution in [0.5, 0.6) is 5.75 Å². The molecule has 0 saturated heterocycles. The van der Waals surface area contributed by atoms with Crippen LogP contribution in [0, 0.1) is 6.92 Å². The highest BCUT2D eigenvalue weighted by Gasteiger charge is 2.24.